The molecular formula is C21H21N3O3. The monoisotopic (exact) mass is 363 g/mol. The molecule has 1 aromatic carbocycles. The number of nitro benzene ring substituents is 1. The highest BCUT2D eigenvalue weighted by atomic mass is 16.6. The van der Waals surface area contributed by atoms with Crippen molar-refractivity contribution in [3.8, 4) is 17.6 Å². The highest BCUT2D eigenvalue weighted by Gasteiger charge is 2.23. The normalized spacial score (nSPS) is 13.6. The number of methoxy groups -OCH3 is 1. The minimum Gasteiger partial charge on any atom is -0.497 e. The Hall–Kier alpha value is -3.33. The third-order valence-corrected chi connectivity index (χ3v) is 4.49. The van der Waals surface area contributed by atoms with E-state index in [0.29, 0.717) is 24.5 Å². The van der Waals surface area contributed by atoms with Crippen molar-refractivity contribution in [2.75, 3.05) is 25.1 Å². The largest absolute Gasteiger partial charge is 0.497 e. The lowest BCUT2D eigenvalue weighted by Crippen LogP contribution is -2.31. The zero-order chi connectivity index (χ0) is 19.2. The van der Waals surface area contributed by atoms with Crippen molar-refractivity contribution in [2.24, 2.45) is 0 Å². The molecule has 0 N–H and O–H groups in total. The van der Waals surface area contributed by atoms with Crippen molar-refractivity contribution in [3.63, 3.8) is 0 Å². The van der Waals surface area contributed by atoms with Crippen LogP contribution in [0.5, 0.6) is 5.75 Å². The summed E-state index contributed by atoms with van der Waals surface area (Å²) >= 11 is 0. The molecule has 6 heteroatoms. The Kier molecular flexibility index (Phi) is 5.72. The first-order valence-corrected chi connectivity index (χ1v) is 8.77. The van der Waals surface area contributed by atoms with E-state index < -0.39 is 0 Å². The highest BCUT2D eigenvalue weighted by Crippen LogP contribution is 2.34. The first-order chi connectivity index (χ1) is 13.1. The number of benzene rings is 1. The van der Waals surface area contributed by atoms with Crippen LogP contribution in [0, 0.1) is 28.9 Å². The number of hydrogen-bond acceptors (Lipinski definition) is 5. The van der Waals surface area contributed by atoms with E-state index in [2.05, 4.69) is 16.8 Å². The number of nitrogens with zero attached hydrogens (tertiary/aromatic N) is 3. The number of pyridine rings is 1. The van der Waals surface area contributed by atoms with E-state index in [-0.39, 0.29) is 10.6 Å². The minimum atomic E-state index is -0.347. The van der Waals surface area contributed by atoms with Crippen molar-refractivity contribution in [1.82, 2.24) is 4.98 Å². The van der Waals surface area contributed by atoms with Gasteiger partial charge in [-0.25, -0.2) is 4.98 Å². The van der Waals surface area contributed by atoms with Crippen LogP contribution in [0.3, 0.4) is 0 Å². The molecule has 1 aliphatic rings. The molecule has 3 rings (SSSR count). The predicted molar refractivity (Wildman–Crippen MR) is 105 cm³/mol. The van der Waals surface area contributed by atoms with Crippen molar-refractivity contribution in [3.05, 3.63) is 69.5 Å². The Bertz CT molecular complexity index is 931. The van der Waals surface area contributed by atoms with Gasteiger partial charge in [0.15, 0.2) is 0 Å². The molecule has 0 unspecified atom stereocenters. The minimum absolute atomic E-state index is 0.105. The maximum atomic E-state index is 11.3. The molecule has 0 atom stereocenters. The van der Waals surface area contributed by atoms with E-state index in [0.717, 1.165) is 24.2 Å². The van der Waals surface area contributed by atoms with Crippen molar-refractivity contribution in [2.45, 2.75) is 19.8 Å². The standard InChI is InChI=1S/C21H21N3O3/c1-16-5-3-7-18(22-16)8-4-6-17-11-13-23(14-12-17)21-15-19(27-2)9-10-20(21)24(25)26/h3,5-7,9-10,15H,11-14H2,1-2H3. The van der Waals surface area contributed by atoms with Gasteiger partial charge >= 0.3 is 0 Å². The molecule has 138 valence electrons. The lowest BCUT2D eigenvalue weighted by Gasteiger charge is -2.30. The maximum absolute atomic E-state index is 11.3. The summed E-state index contributed by atoms with van der Waals surface area (Å²) in [6.45, 7) is 3.37. The quantitative estimate of drug-likeness (QED) is 0.470. The summed E-state index contributed by atoms with van der Waals surface area (Å²) in [6, 6.07) is 10.6. The number of piperidine rings is 1. The third-order valence-electron chi connectivity index (χ3n) is 4.49. The molecule has 0 bridgehead atoms. The lowest BCUT2D eigenvalue weighted by molar-refractivity contribution is -0.384. The molecule has 0 saturated carbocycles. The smallest absolute Gasteiger partial charge is 0.292 e. The van der Waals surface area contributed by atoms with Gasteiger partial charge in [0, 0.05) is 30.9 Å². The molecular weight excluding hydrogens is 342 g/mol. The van der Waals surface area contributed by atoms with Gasteiger partial charge in [0.2, 0.25) is 0 Å². The van der Waals surface area contributed by atoms with Crippen LogP contribution in [0.1, 0.15) is 24.2 Å². The summed E-state index contributed by atoms with van der Waals surface area (Å²) in [6.07, 6.45) is 3.59. The average molecular weight is 363 g/mol. The van der Waals surface area contributed by atoms with Crippen molar-refractivity contribution >= 4 is 11.4 Å². The molecule has 2 heterocycles. The first kappa shape index (κ1) is 18.5. The molecule has 0 aliphatic carbocycles. The van der Waals surface area contributed by atoms with Crippen LogP contribution in [-0.2, 0) is 0 Å². The third kappa shape index (κ3) is 4.64. The fourth-order valence-electron chi connectivity index (χ4n) is 3.04. The average Bonchev–Trinajstić information content (AvgIpc) is 2.68. The van der Waals surface area contributed by atoms with Crippen LogP contribution in [0.15, 0.2) is 48.0 Å². The molecule has 27 heavy (non-hydrogen) atoms. The van der Waals surface area contributed by atoms with Crippen LogP contribution in [-0.4, -0.2) is 30.1 Å². The van der Waals surface area contributed by atoms with Gasteiger partial charge in [-0.3, -0.25) is 10.1 Å². The van der Waals surface area contributed by atoms with Gasteiger partial charge in [0.05, 0.1) is 12.0 Å². The van der Waals surface area contributed by atoms with Gasteiger partial charge < -0.3 is 9.64 Å². The van der Waals surface area contributed by atoms with E-state index >= 15 is 0 Å². The van der Waals surface area contributed by atoms with E-state index in [1.165, 1.54) is 11.6 Å². The summed E-state index contributed by atoms with van der Waals surface area (Å²) in [5.74, 6) is 6.76. The van der Waals surface area contributed by atoms with Crippen molar-refractivity contribution in [1.29, 1.82) is 0 Å². The number of nitro groups is 1. The van der Waals surface area contributed by atoms with Crippen molar-refractivity contribution < 1.29 is 9.66 Å². The van der Waals surface area contributed by atoms with E-state index in [1.807, 2.05) is 36.1 Å². The number of allylic oxidation sites excluding steroid dienone is 1. The van der Waals surface area contributed by atoms with Crippen LogP contribution < -0.4 is 9.64 Å². The van der Waals surface area contributed by atoms with Gasteiger partial charge in [-0.05, 0) is 50.0 Å². The van der Waals surface area contributed by atoms with Gasteiger partial charge in [0.25, 0.3) is 5.69 Å². The summed E-state index contributed by atoms with van der Waals surface area (Å²) in [4.78, 5) is 17.4. The zero-order valence-electron chi connectivity index (χ0n) is 15.4. The highest BCUT2D eigenvalue weighted by molar-refractivity contribution is 5.66. The summed E-state index contributed by atoms with van der Waals surface area (Å²) in [5.41, 5.74) is 3.66. The Morgan fingerprint density at radius 2 is 2.04 bits per heavy atom. The van der Waals surface area contributed by atoms with Crippen LogP contribution >= 0.6 is 0 Å². The second-order valence-electron chi connectivity index (χ2n) is 6.33. The van der Waals surface area contributed by atoms with Gasteiger partial charge in [0.1, 0.15) is 17.1 Å². The number of aryl methyl sites for hydroxylation is 1. The number of anilines is 1. The lowest BCUT2D eigenvalue weighted by atomic mass is 10.0. The topological polar surface area (TPSA) is 68.5 Å². The zero-order valence-corrected chi connectivity index (χ0v) is 15.4. The molecule has 0 spiro atoms. The Morgan fingerprint density at radius 3 is 2.70 bits per heavy atom. The van der Waals surface area contributed by atoms with Crippen LogP contribution in [0.25, 0.3) is 0 Å². The molecule has 1 aliphatic heterocycles. The van der Waals surface area contributed by atoms with E-state index in [9.17, 15) is 10.1 Å². The summed E-state index contributed by atoms with van der Waals surface area (Å²) < 4.78 is 5.22. The Balaban J connectivity index is 1.70. The van der Waals surface area contributed by atoms with Crippen LogP contribution in [0.2, 0.25) is 0 Å². The maximum Gasteiger partial charge on any atom is 0.292 e. The Morgan fingerprint density at radius 1 is 1.26 bits per heavy atom. The van der Waals surface area contributed by atoms with Gasteiger partial charge in [-0.15, -0.1) is 0 Å². The first-order valence-electron chi connectivity index (χ1n) is 8.77. The molecule has 6 nitrogen and oxygen atoms in total. The fraction of sp³-hybridized carbons (Fsp3) is 0.286. The molecule has 1 aromatic heterocycles. The van der Waals surface area contributed by atoms with Gasteiger partial charge in [-0.1, -0.05) is 17.6 Å². The summed E-state index contributed by atoms with van der Waals surface area (Å²) in [7, 11) is 1.56. The predicted octanol–water partition coefficient (Wildman–Crippen LogP) is 3.89. The van der Waals surface area contributed by atoms with Gasteiger partial charge in [-0.2, -0.15) is 0 Å². The fourth-order valence-corrected chi connectivity index (χ4v) is 3.04. The molecule has 1 saturated heterocycles. The second-order valence-corrected chi connectivity index (χ2v) is 6.33. The SMILES string of the molecule is COc1ccc([N+](=O)[O-])c(N2CCC(=CC#Cc3cccc(C)n3)CC2)c1. The Labute approximate surface area is 158 Å². The number of rotatable bonds is 3. The molecule has 0 radical (unpaired) electrons. The van der Waals surface area contributed by atoms with Crippen LogP contribution in [0.4, 0.5) is 11.4 Å². The van der Waals surface area contributed by atoms with E-state index in [4.69, 9.17) is 4.74 Å². The summed E-state index contributed by atoms with van der Waals surface area (Å²) in [5, 5.41) is 11.3. The molecule has 2 aromatic rings. The molecule has 0 amide bonds. The van der Waals surface area contributed by atoms with E-state index in [1.54, 1.807) is 19.2 Å². The second kappa shape index (κ2) is 8.37. The number of hydrogen-bond donors (Lipinski definition) is 0. The number of aromatic nitrogens is 1. The number of ether oxygens (including phenoxy) is 1. The molecule has 1 fully saturated rings.